The number of benzene rings is 2. The minimum atomic E-state index is -0.616. The van der Waals surface area contributed by atoms with Gasteiger partial charge in [0.25, 0.3) is 0 Å². The molecule has 0 unspecified atom stereocenters. The molecule has 1 aliphatic heterocycles. The Hall–Kier alpha value is -3.34. The van der Waals surface area contributed by atoms with Crippen molar-refractivity contribution >= 4 is 28.7 Å². The fraction of sp³-hybridized carbons (Fsp3) is 0.217. The van der Waals surface area contributed by atoms with Crippen molar-refractivity contribution in [1.82, 2.24) is 4.57 Å². The molecule has 0 radical (unpaired) electrons. The Labute approximate surface area is 163 Å². The number of ether oxygens (including phenoxy) is 2. The quantitative estimate of drug-likeness (QED) is 0.369. The lowest BCUT2D eigenvalue weighted by atomic mass is 9.97. The summed E-state index contributed by atoms with van der Waals surface area (Å²) in [5.74, 6) is 0.485. The van der Waals surface area contributed by atoms with Crippen molar-refractivity contribution in [2.24, 2.45) is 12.5 Å². The summed E-state index contributed by atoms with van der Waals surface area (Å²) < 4.78 is 13.2. The van der Waals surface area contributed by atoms with Gasteiger partial charge < -0.3 is 14.0 Å². The molecule has 0 atom stereocenters. The first-order chi connectivity index (χ1) is 13.2. The third-order valence-electron chi connectivity index (χ3n) is 4.68. The number of esters is 1. The highest BCUT2D eigenvalue weighted by atomic mass is 16.5. The number of aryl methyl sites for hydroxylation is 1. The van der Waals surface area contributed by atoms with Crippen LogP contribution in [0.3, 0.4) is 0 Å². The molecule has 5 heteroatoms. The second-order valence-electron chi connectivity index (χ2n) is 7.95. The largest absolute Gasteiger partial charge is 0.452 e. The molecule has 1 aromatic heterocycles. The predicted octanol–water partition coefficient (Wildman–Crippen LogP) is 4.75. The number of ketones is 1. The zero-order valence-corrected chi connectivity index (χ0v) is 16.3. The van der Waals surface area contributed by atoms with Crippen LogP contribution in [0.4, 0.5) is 0 Å². The molecule has 0 fully saturated rings. The minimum Gasteiger partial charge on any atom is -0.452 e. The molecular formula is C23H21NO4. The minimum absolute atomic E-state index is 0.184. The molecule has 1 aliphatic rings. The molecule has 0 aliphatic carbocycles. The number of carbonyl (C=O) groups excluding carboxylic acids is 2. The number of para-hydroxylation sites is 1. The number of rotatable bonds is 2. The van der Waals surface area contributed by atoms with E-state index in [0.717, 1.165) is 16.5 Å². The first kappa shape index (κ1) is 18.0. The third-order valence-corrected chi connectivity index (χ3v) is 4.68. The van der Waals surface area contributed by atoms with Crippen LogP contribution in [0.2, 0.25) is 0 Å². The maximum absolute atomic E-state index is 12.7. The van der Waals surface area contributed by atoms with Crippen LogP contribution >= 0.6 is 0 Å². The second-order valence-corrected chi connectivity index (χ2v) is 7.95. The highest BCUT2D eigenvalue weighted by molar-refractivity contribution is 6.15. The maximum Gasteiger partial charge on any atom is 0.316 e. The van der Waals surface area contributed by atoms with E-state index in [0.29, 0.717) is 17.1 Å². The Morgan fingerprint density at radius 2 is 1.89 bits per heavy atom. The van der Waals surface area contributed by atoms with Crippen molar-refractivity contribution in [2.75, 3.05) is 0 Å². The van der Waals surface area contributed by atoms with E-state index in [1.807, 2.05) is 42.1 Å². The van der Waals surface area contributed by atoms with Gasteiger partial charge in [0.05, 0.1) is 11.0 Å². The van der Waals surface area contributed by atoms with Gasteiger partial charge in [0.2, 0.25) is 5.78 Å². The lowest BCUT2D eigenvalue weighted by Gasteiger charge is -2.16. The summed E-state index contributed by atoms with van der Waals surface area (Å²) in [6.45, 7) is 5.36. The van der Waals surface area contributed by atoms with Crippen LogP contribution in [0, 0.1) is 5.41 Å². The molecule has 0 spiro atoms. The number of allylic oxidation sites excluding steroid dienone is 1. The summed E-state index contributed by atoms with van der Waals surface area (Å²) in [6, 6.07) is 12.8. The molecule has 3 aromatic rings. The highest BCUT2D eigenvalue weighted by Gasteiger charge is 2.29. The number of Topliss-reactive ketones (excluding diaryl/α,β-unsaturated/α-hetero) is 1. The number of carbonyl (C=O) groups is 2. The summed E-state index contributed by atoms with van der Waals surface area (Å²) in [5.41, 5.74) is 1.83. The standard InChI is InChI=1S/C23H21NO4/c1-23(2,3)22(26)27-15-9-10-17-19(12-15)28-20(21(17)25)11-14-13-24(4)18-8-6-5-7-16(14)18/h5-13H,1-4H3/b20-11+. The zero-order chi connectivity index (χ0) is 20.1. The Balaban J connectivity index is 1.65. The monoisotopic (exact) mass is 375 g/mol. The van der Waals surface area contributed by atoms with E-state index in [1.165, 1.54) is 0 Å². The Kier molecular flexibility index (Phi) is 4.11. The Bertz CT molecular complexity index is 1150. The van der Waals surface area contributed by atoms with Crippen LogP contribution < -0.4 is 9.47 Å². The number of hydrogen-bond donors (Lipinski definition) is 0. The van der Waals surface area contributed by atoms with Gasteiger partial charge in [0.1, 0.15) is 11.5 Å². The summed E-state index contributed by atoms with van der Waals surface area (Å²) in [7, 11) is 1.96. The van der Waals surface area contributed by atoms with Gasteiger partial charge >= 0.3 is 5.97 Å². The SMILES string of the molecule is Cn1cc(/C=C2/Oc3cc(OC(=O)C(C)(C)C)ccc3C2=O)c2ccccc21. The number of aromatic nitrogens is 1. The Morgan fingerprint density at radius 3 is 2.64 bits per heavy atom. The zero-order valence-electron chi connectivity index (χ0n) is 16.3. The van der Waals surface area contributed by atoms with Crippen molar-refractivity contribution in [1.29, 1.82) is 0 Å². The summed E-state index contributed by atoms with van der Waals surface area (Å²) >= 11 is 0. The van der Waals surface area contributed by atoms with Crippen LogP contribution in [-0.2, 0) is 11.8 Å². The van der Waals surface area contributed by atoms with Crippen molar-refractivity contribution < 1.29 is 19.1 Å². The molecular weight excluding hydrogens is 354 g/mol. The molecule has 142 valence electrons. The summed E-state index contributed by atoms with van der Waals surface area (Å²) in [4.78, 5) is 24.8. The van der Waals surface area contributed by atoms with Crippen LogP contribution in [0.15, 0.2) is 54.4 Å². The number of fused-ring (bicyclic) bond motifs is 2. The molecule has 0 N–H and O–H groups in total. The number of hydrogen-bond acceptors (Lipinski definition) is 4. The topological polar surface area (TPSA) is 57.5 Å². The van der Waals surface area contributed by atoms with E-state index in [9.17, 15) is 9.59 Å². The average molecular weight is 375 g/mol. The van der Waals surface area contributed by atoms with E-state index in [1.54, 1.807) is 45.0 Å². The van der Waals surface area contributed by atoms with Gasteiger partial charge in [-0.15, -0.1) is 0 Å². The molecule has 4 rings (SSSR count). The Morgan fingerprint density at radius 1 is 1.14 bits per heavy atom. The first-order valence-electron chi connectivity index (χ1n) is 9.09. The lowest BCUT2D eigenvalue weighted by Crippen LogP contribution is -2.25. The van der Waals surface area contributed by atoms with E-state index >= 15 is 0 Å². The molecule has 2 heterocycles. The van der Waals surface area contributed by atoms with Gasteiger partial charge in [-0.05, 0) is 45.0 Å². The van der Waals surface area contributed by atoms with E-state index in [2.05, 4.69) is 0 Å². The van der Waals surface area contributed by atoms with Crippen LogP contribution in [0.5, 0.6) is 11.5 Å². The molecule has 5 nitrogen and oxygen atoms in total. The fourth-order valence-corrected chi connectivity index (χ4v) is 3.12. The van der Waals surface area contributed by atoms with Gasteiger partial charge in [-0.1, -0.05) is 18.2 Å². The molecule has 0 saturated carbocycles. The summed E-state index contributed by atoms with van der Waals surface area (Å²) in [5, 5.41) is 1.05. The van der Waals surface area contributed by atoms with Gasteiger partial charge in [0, 0.05) is 35.8 Å². The van der Waals surface area contributed by atoms with Gasteiger partial charge in [0.15, 0.2) is 5.76 Å². The van der Waals surface area contributed by atoms with E-state index in [4.69, 9.17) is 9.47 Å². The second kappa shape index (κ2) is 6.37. The first-order valence-corrected chi connectivity index (χ1v) is 9.09. The van der Waals surface area contributed by atoms with E-state index < -0.39 is 5.41 Å². The van der Waals surface area contributed by atoms with Crippen molar-refractivity contribution in [2.45, 2.75) is 20.8 Å². The van der Waals surface area contributed by atoms with E-state index in [-0.39, 0.29) is 17.5 Å². The highest BCUT2D eigenvalue weighted by Crippen LogP contribution is 2.36. The number of nitrogens with zero attached hydrogens (tertiary/aromatic N) is 1. The van der Waals surface area contributed by atoms with Crippen LogP contribution in [0.1, 0.15) is 36.7 Å². The fourth-order valence-electron chi connectivity index (χ4n) is 3.12. The normalized spacial score (nSPS) is 15.0. The maximum atomic E-state index is 12.7. The lowest BCUT2D eigenvalue weighted by molar-refractivity contribution is -0.143. The third kappa shape index (κ3) is 3.09. The average Bonchev–Trinajstić information content (AvgIpc) is 3.12. The predicted molar refractivity (Wildman–Crippen MR) is 107 cm³/mol. The van der Waals surface area contributed by atoms with Crippen molar-refractivity contribution in [3.05, 3.63) is 65.5 Å². The molecule has 0 bridgehead atoms. The molecule has 0 saturated heterocycles. The van der Waals surface area contributed by atoms with Crippen molar-refractivity contribution in [3.63, 3.8) is 0 Å². The van der Waals surface area contributed by atoms with Gasteiger partial charge in [-0.3, -0.25) is 9.59 Å². The molecule has 0 amide bonds. The molecule has 2 aromatic carbocycles. The molecule has 28 heavy (non-hydrogen) atoms. The van der Waals surface area contributed by atoms with Gasteiger partial charge in [-0.25, -0.2) is 0 Å². The summed E-state index contributed by atoms with van der Waals surface area (Å²) in [6.07, 6.45) is 3.72. The van der Waals surface area contributed by atoms with Crippen molar-refractivity contribution in [3.8, 4) is 11.5 Å². The van der Waals surface area contributed by atoms with Crippen LogP contribution in [-0.4, -0.2) is 16.3 Å². The van der Waals surface area contributed by atoms with Gasteiger partial charge in [-0.2, -0.15) is 0 Å². The van der Waals surface area contributed by atoms with Crippen LogP contribution in [0.25, 0.3) is 17.0 Å². The smallest absolute Gasteiger partial charge is 0.316 e.